The van der Waals surface area contributed by atoms with Crippen LogP contribution in [-0.4, -0.2) is 31.7 Å². The van der Waals surface area contributed by atoms with E-state index in [0.717, 1.165) is 31.4 Å². The molecule has 4 nitrogen and oxygen atoms in total. The minimum absolute atomic E-state index is 0.680. The number of aromatic nitrogens is 1. The Bertz CT molecular complexity index is 402. The Morgan fingerprint density at radius 2 is 2.29 bits per heavy atom. The topological polar surface area (TPSA) is 52.0 Å². The summed E-state index contributed by atoms with van der Waals surface area (Å²) in [6.07, 6.45) is 4.10. The molecule has 90 valence electrons. The standard InChI is InChI=1S/C13H18N4/c1-15-10-11-4-7-17(8-5-11)13-12(9-14)3-2-6-16-13/h2-3,6,11,15H,4-5,7-8,10H2,1H3. The molecular weight excluding hydrogens is 212 g/mol. The molecule has 1 saturated heterocycles. The Kier molecular flexibility index (Phi) is 3.94. The predicted octanol–water partition coefficient (Wildman–Crippen LogP) is 1.39. The van der Waals surface area contributed by atoms with Gasteiger partial charge in [-0.05, 0) is 44.5 Å². The fourth-order valence-corrected chi connectivity index (χ4v) is 2.37. The van der Waals surface area contributed by atoms with Gasteiger partial charge in [0.25, 0.3) is 0 Å². The maximum absolute atomic E-state index is 9.06. The summed E-state index contributed by atoms with van der Waals surface area (Å²) in [7, 11) is 2.00. The molecule has 1 aliphatic rings. The molecule has 0 radical (unpaired) electrons. The zero-order valence-corrected chi connectivity index (χ0v) is 10.2. The van der Waals surface area contributed by atoms with Crippen molar-refractivity contribution in [2.45, 2.75) is 12.8 Å². The van der Waals surface area contributed by atoms with Gasteiger partial charge in [0.1, 0.15) is 11.9 Å². The molecule has 1 aromatic heterocycles. The van der Waals surface area contributed by atoms with Crippen molar-refractivity contribution in [2.75, 3.05) is 31.6 Å². The van der Waals surface area contributed by atoms with E-state index in [1.54, 1.807) is 6.20 Å². The van der Waals surface area contributed by atoms with Crippen LogP contribution in [0.5, 0.6) is 0 Å². The SMILES string of the molecule is CNCC1CCN(c2ncccc2C#N)CC1. The quantitative estimate of drug-likeness (QED) is 0.852. The number of hydrogen-bond acceptors (Lipinski definition) is 4. The maximum atomic E-state index is 9.06. The lowest BCUT2D eigenvalue weighted by Gasteiger charge is -2.33. The van der Waals surface area contributed by atoms with E-state index in [-0.39, 0.29) is 0 Å². The Labute approximate surface area is 102 Å². The van der Waals surface area contributed by atoms with Crippen LogP contribution in [0.2, 0.25) is 0 Å². The summed E-state index contributed by atoms with van der Waals surface area (Å²) in [6, 6.07) is 5.86. The maximum Gasteiger partial charge on any atom is 0.146 e. The van der Waals surface area contributed by atoms with Gasteiger partial charge in [-0.15, -0.1) is 0 Å². The normalized spacial score (nSPS) is 16.8. The van der Waals surface area contributed by atoms with Crippen LogP contribution in [0, 0.1) is 17.2 Å². The van der Waals surface area contributed by atoms with Crippen molar-refractivity contribution >= 4 is 5.82 Å². The van der Waals surface area contributed by atoms with Crippen LogP contribution in [0.25, 0.3) is 0 Å². The van der Waals surface area contributed by atoms with Crippen molar-refractivity contribution < 1.29 is 0 Å². The summed E-state index contributed by atoms with van der Waals surface area (Å²) in [6.45, 7) is 3.08. The number of pyridine rings is 1. The van der Waals surface area contributed by atoms with Crippen LogP contribution in [0.1, 0.15) is 18.4 Å². The average molecular weight is 230 g/mol. The Balaban J connectivity index is 2.03. The molecule has 0 atom stereocenters. The number of rotatable bonds is 3. The highest BCUT2D eigenvalue weighted by atomic mass is 15.2. The van der Waals surface area contributed by atoms with Crippen molar-refractivity contribution in [3.05, 3.63) is 23.9 Å². The highest BCUT2D eigenvalue weighted by molar-refractivity contribution is 5.53. The van der Waals surface area contributed by atoms with Gasteiger partial charge in [0.15, 0.2) is 0 Å². The first-order chi connectivity index (χ1) is 8.35. The molecule has 0 bridgehead atoms. The average Bonchev–Trinajstić information content (AvgIpc) is 2.40. The predicted molar refractivity (Wildman–Crippen MR) is 67.8 cm³/mol. The van der Waals surface area contributed by atoms with Gasteiger partial charge in [-0.2, -0.15) is 5.26 Å². The van der Waals surface area contributed by atoms with Crippen LogP contribution < -0.4 is 10.2 Å². The highest BCUT2D eigenvalue weighted by Crippen LogP contribution is 2.23. The highest BCUT2D eigenvalue weighted by Gasteiger charge is 2.21. The zero-order chi connectivity index (χ0) is 12.1. The fraction of sp³-hybridized carbons (Fsp3) is 0.538. The number of nitriles is 1. The summed E-state index contributed by atoms with van der Waals surface area (Å²) in [5.74, 6) is 1.60. The minimum Gasteiger partial charge on any atom is -0.356 e. The summed E-state index contributed by atoms with van der Waals surface area (Å²) < 4.78 is 0. The van der Waals surface area contributed by atoms with E-state index in [1.807, 2.05) is 19.2 Å². The number of anilines is 1. The number of hydrogen-bond donors (Lipinski definition) is 1. The van der Waals surface area contributed by atoms with E-state index < -0.39 is 0 Å². The van der Waals surface area contributed by atoms with E-state index >= 15 is 0 Å². The van der Waals surface area contributed by atoms with Crippen LogP contribution in [-0.2, 0) is 0 Å². The van der Waals surface area contributed by atoms with Gasteiger partial charge >= 0.3 is 0 Å². The summed E-state index contributed by atoms with van der Waals surface area (Å²) in [5, 5.41) is 12.3. The summed E-state index contributed by atoms with van der Waals surface area (Å²) in [4.78, 5) is 6.56. The second kappa shape index (κ2) is 5.65. The van der Waals surface area contributed by atoms with Crippen molar-refractivity contribution in [2.24, 2.45) is 5.92 Å². The molecule has 1 aromatic rings. The van der Waals surface area contributed by atoms with Gasteiger partial charge in [0.05, 0.1) is 5.56 Å². The van der Waals surface area contributed by atoms with Gasteiger partial charge in [-0.1, -0.05) is 0 Å². The molecule has 0 aliphatic carbocycles. The van der Waals surface area contributed by atoms with Crippen molar-refractivity contribution in [3.8, 4) is 6.07 Å². The van der Waals surface area contributed by atoms with E-state index in [2.05, 4.69) is 21.3 Å². The Hall–Kier alpha value is -1.60. The molecule has 2 heterocycles. The van der Waals surface area contributed by atoms with Crippen LogP contribution in [0.15, 0.2) is 18.3 Å². The zero-order valence-electron chi connectivity index (χ0n) is 10.2. The van der Waals surface area contributed by atoms with Gasteiger partial charge in [-0.3, -0.25) is 0 Å². The van der Waals surface area contributed by atoms with E-state index in [4.69, 9.17) is 5.26 Å². The molecule has 2 rings (SSSR count). The summed E-state index contributed by atoms with van der Waals surface area (Å²) in [5.41, 5.74) is 0.680. The molecule has 1 fully saturated rings. The Morgan fingerprint density at radius 3 is 2.94 bits per heavy atom. The second-order valence-electron chi connectivity index (χ2n) is 4.47. The number of piperidine rings is 1. The van der Waals surface area contributed by atoms with E-state index in [9.17, 15) is 0 Å². The minimum atomic E-state index is 0.680. The third-order valence-electron chi connectivity index (χ3n) is 3.31. The van der Waals surface area contributed by atoms with Crippen LogP contribution in [0.4, 0.5) is 5.82 Å². The molecule has 4 heteroatoms. The number of nitrogens with one attached hydrogen (secondary N) is 1. The monoisotopic (exact) mass is 230 g/mol. The van der Waals surface area contributed by atoms with Crippen molar-refractivity contribution in [1.82, 2.24) is 10.3 Å². The van der Waals surface area contributed by atoms with Gasteiger partial charge in [0, 0.05) is 19.3 Å². The Morgan fingerprint density at radius 1 is 1.53 bits per heavy atom. The van der Waals surface area contributed by atoms with Crippen molar-refractivity contribution in [1.29, 1.82) is 5.26 Å². The second-order valence-corrected chi connectivity index (χ2v) is 4.47. The fourth-order valence-electron chi connectivity index (χ4n) is 2.37. The molecule has 0 amide bonds. The first kappa shape index (κ1) is 11.9. The van der Waals surface area contributed by atoms with Gasteiger partial charge in [-0.25, -0.2) is 4.98 Å². The molecule has 0 saturated carbocycles. The molecule has 17 heavy (non-hydrogen) atoms. The molecule has 0 aromatic carbocycles. The lowest BCUT2D eigenvalue weighted by Crippen LogP contribution is -2.37. The third kappa shape index (κ3) is 2.75. The smallest absolute Gasteiger partial charge is 0.146 e. The molecule has 0 unspecified atom stereocenters. The van der Waals surface area contributed by atoms with Gasteiger partial charge in [0.2, 0.25) is 0 Å². The van der Waals surface area contributed by atoms with Crippen molar-refractivity contribution in [3.63, 3.8) is 0 Å². The summed E-state index contributed by atoms with van der Waals surface area (Å²) >= 11 is 0. The molecule has 0 spiro atoms. The molecule has 1 aliphatic heterocycles. The van der Waals surface area contributed by atoms with Crippen LogP contribution >= 0.6 is 0 Å². The van der Waals surface area contributed by atoms with Crippen LogP contribution in [0.3, 0.4) is 0 Å². The van der Waals surface area contributed by atoms with E-state index in [1.165, 1.54) is 12.8 Å². The lowest BCUT2D eigenvalue weighted by molar-refractivity contribution is 0.392. The first-order valence-electron chi connectivity index (χ1n) is 6.10. The number of nitrogens with zero attached hydrogens (tertiary/aromatic N) is 3. The largest absolute Gasteiger partial charge is 0.356 e. The molecular formula is C13H18N4. The molecule has 1 N–H and O–H groups in total. The lowest BCUT2D eigenvalue weighted by atomic mass is 9.96. The first-order valence-corrected chi connectivity index (χ1v) is 6.10. The van der Waals surface area contributed by atoms with E-state index in [0.29, 0.717) is 5.56 Å². The van der Waals surface area contributed by atoms with Gasteiger partial charge < -0.3 is 10.2 Å². The third-order valence-corrected chi connectivity index (χ3v) is 3.31.